The molecule has 5 heteroatoms. The molecule has 1 aliphatic rings. The molecule has 2 amide bonds. The van der Waals surface area contributed by atoms with Crippen molar-refractivity contribution in [1.82, 2.24) is 10.6 Å². The average Bonchev–Trinajstić information content (AvgIpc) is 2.75. The van der Waals surface area contributed by atoms with Crippen molar-refractivity contribution in [1.29, 1.82) is 0 Å². The standard InChI is InChI=1S/C12H22N2O3/c1-12(5-3-4-6-12)11(16)14-9-10(15)13-7-8-17-2/h3-9H2,1-2H3,(H,13,15)(H,14,16). The van der Waals surface area contributed by atoms with E-state index >= 15 is 0 Å². The highest BCUT2D eigenvalue weighted by Gasteiger charge is 2.36. The zero-order chi connectivity index (χ0) is 12.7. The number of rotatable bonds is 6. The molecule has 1 aliphatic carbocycles. The predicted octanol–water partition coefficient (Wildman–Crippen LogP) is 0.445. The molecule has 0 heterocycles. The van der Waals surface area contributed by atoms with Gasteiger partial charge in [0.05, 0.1) is 13.2 Å². The fourth-order valence-corrected chi connectivity index (χ4v) is 2.11. The van der Waals surface area contributed by atoms with Crippen LogP contribution >= 0.6 is 0 Å². The van der Waals surface area contributed by atoms with Gasteiger partial charge in [-0.2, -0.15) is 0 Å². The van der Waals surface area contributed by atoms with Crippen molar-refractivity contribution >= 4 is 11.8 Å². The molecule has 1 fully saturated rings. The quantitative estimate of drug-likeness (QED) is 0.664. The molecule has 0 radical (unpaired) electrons. The van der Waals surface area contributed by atoms with Gasteiger partial charge >= 0.3 is 0 Å². The van der Waals surface area contributed by atoms with Gasteiger partial charge in [-0.05, 0) is 12.8 Å². The van der Waals surface area contributed by atoms with Crippen LogP contribution in [0.2, 0.25) is 0 Å². The van der Waals surface area contributed by atoms with E-state index in [4.69, 9.17) is 4.74 Å². The second-order valence-electron chi connectivity index (χ2n) is 4.79. The van der Waals surface area contributed by atoms with E-state index in [0.717, 1.165) is 25.7 Å². The third kappa shape index (κ3) is 4.34. The highest BCUT2D eigenvalue weighted by atomic mass is 16.5. The van der Waals surface area contributed by atoms with Crippen LogP contribution in [-0.2, 0) is 14.3 Å². The largest absolute Gasteiger partial charge is 0.383 e. The number of carbonyl (C=O) groups is 2. The molecule has 2 N–H and O–H groups in total. The first-order valence-electron chi connectivity index (χ1n) is 6.12. The molecule has 17 heavy (non-hydrogen) atoms. The van der Waals surface area contributed by atoms with Crippen LogP contribution in [-0.4, -0.2) is 38.6 Å². The van der Waals surface area contributed by atoms with Crippen molar-refractivity contribution in [2.45, 2.75) is 32.6 Å². The van der Waals surface area contributed by atoms with E-state index in [2.05, 4.69) is 10.6 Å². The number of carbonyl (C=O) groups excluding carboxylic acids is 2. The first kappa shape index (κ1) is 14.0. The summed E-state index contributed by atoms with van der Waals surface area (Å²) in [6, 6.07) is 0. The molecule has 0 atom stereocenters. The van der Waals surface area contributed by atoms with Crippen molar-refractivity contribution in [2.24, 2.45) is 5.41 Å². The van der Waals surface area contributed by atoms with Crippen LogP contribution in [0.5, 0.6) is 0 Å². The molecule has 0 saturated heterocycles. The Morgan fingerprint density at radius 3 is 2.47 bits per heavy atom. The molecule has 0 aromatic heterocycles. The van der Waals surface area contributed by atoms with E-state index in [1.54, 1.807) is 7.11 Å². The van der Waals surface area contributed by atoms with Gasteiger partial charge < -0.3 is 15.4 Å². The number of methoxy groups -OCH3 is 1. The monoisotopic (exact) mass is 242 g/mol. The van der Waals surface area contributed by atoms with Crippen LogP contribution in [0, 0.1) is 5.41 Å². The maximum absolute atomic E-state index is 11.9. The Morgan fingerprint density at radius 2 is 1.88 bits per heavy atom. The van der Waals surface area contributed by atoms with Gasteiger partial charge in [0.2, 0.25) is 11.8 Å². The number of ether oxygens (including phenoxy) is 1. The average molecular weight is 242 g/mol. The molecule has 98 valence electrons. The first-order chi connectivity index (χ1) is 8.08. The summed E-state index contributed by atoms with van der Waals surface area (Å²) in [6.45, 7) is 2.98. The Labute approximate surface area is 102 Å². The maximum atomic E-state index is 11.9. The molecular weight excluding hydrogens is 220 g/mol. The van der Waals surface area contributed by atoms with E-state index in [9.17, 15) is 9.59 Å². The first-order valence-corrected chi connectivity index (χ1v) is 6.12. The molecule has 0 aromatic rings. The van der Waals surface area contributed by atoms with Gasteiger partial charge in [0, 0.05) is 19.1 Å². The Morgan fingerprint density at radius 1 is 1.24 bits per heavy atom. The molecule has 0 aromatic carbocycles. The summed E-state index contributed by atoms with van der Waals surface area (Å²) >= 11 is 0. The summed E-state index contributed by atoms with van der Waals surface area (Å²) in [7, 11) is 1.58. The van der Waals surface area contributed by atoms with Crippen LogP contribution in [0.1, 0.15) is 32.6 Å². The minimum atomic E-state index is -0.271. The normalized spacial score (nSPS) is 17.8. The third-order valence-electron chi connectivity index (χ3n) is 3.29. The summed E-state index contributed by atoms with van der Waals surface area (Å²) in [5.41, 5.74) is -0.271. The molecule has 1 saturated carbocycles. The lowest BCUT2D eigenvalue weighted by Gasteiger charge is -2.21. The second kappa shape index (κ2) is 6.59. The van der Waals surface area contributed by atoms with Crippen molar-refractivity contribution < 1.29 is 14.3 Å². The Hall–Kier alpha value is -1.10. The van der Waals surface area contributed by atoms with E-state index < -0.39 is 0 Å². The van der Waals surface area contributed by atoms with Gasteiger partial charge in [-0.3, -0.25) is 9.59 Å². The van der Waals surface area contributed by atoms with E-state index in [1.165, 1.54) is 0 Å². The molecule has 0 unspecified atom stereocenters. The van der Waals surface area contributed by atoms with E-state index in [0.29, 0.717) is 13.2 Å². The fourth-order valence-electron chi connectivity index (χ4n) is 2.11. The number of nitrogens with one attached hydrogen (secondary N) is 2. The maximum Gasteiger partial charge on any atom is 0.239 e. The Bertz CT molecular complexity index is 273. The zero-order valence-electron chi connectivity index (χ0n) is 10.7. The predicted molar refractivity (Wildman–Crippen MR) is 64.5 cm³/mol. The summed E-state index contributed by atoms with van der Waals surface area (Å²) in [4.78, 5) is 23.2. The van der Waals surface area contributed by atoms with Crippen molar-refractivity contribution in [3.8, 4) is 0 Å². The van der Waals surface area contributed by atoms with Crippen LogP contribution in [0.3, 0.4) is 0 Å². The minimum Gasteiger partial charge on any atom is -0.383 e. The smallest absolute Gasteiger partial charge is 0.239 e. The molecule has 0 bridgehead atoms. The van der Waals surface area contributed by atoms with Crippen LogP contribution in [0.15, 0.2) is 0 Å². The Kier molecular flexibility index (Phi) is 5.41. The van der Waals surface area contributed by atoms with Gasteiger partial charge in [-0.25, -0.2) is 0 Å². The highest BCUT2D eigenvalue weighted by molar-refractivity contribution is 5.87. The fraction of sp³-hybridized carbons (Fsp3) is 0.833. The van der Waals surface area contributed by atoms with Gasteiger partial charge in [0.1, 0.15) is 0 Å². The molecule has 5 nitrogen and oxygen atoms in total. The van der Waals surface area contributed by atoms with Gasteiger partial charge in [-0.15, -0.1) is 0 Å². The molecule has 1 rings (SSSR count). The Balaban J connectivity index is 2.21. The summed E-state index contributed by atoms with van der Waals surface area (Å²) < 4.78 is 4.81. The summed E-state index contributed by atoms with van der Waals surface area (Å²) in [6.07, 6.45) is 4.04. The minimum absolute atomic E-state index is 0.00288. The lowest BCUT2D eigenvalue weighted by atomic mass is 9.88. The van der Waals surface area contributed by atoms with Crippen LogP contribution in [0.4, 0.5) is 0 Å². The topological polar surface area (TPSA) is 67.4 Å². The van der Waals surface area contributed by atoms with Crippen LogP contribution < -0.4 is 10.6 Å². The van der Waals surface area contributed by atoms with E-state index in [1.807, 2.05) is 6.92 Å². The molecule has 0 spiro atoms. The SMILES string of the molecule is COCCNC(=O)CNC(=O)C1(C)CCCC1. The lowest BCUT2D eigenvalue weighted by molar-refractivity contribution is -0.132. The van der Waals surface area contributed by atoms with Crippen molar-refractivity contribution in [3.63, 3.8) is 0 Å². The van der Waals surface area contributed by atoms with E-state index in [-0.39, 0.29) is 23.8 Å². The molecular formula is C12H22N2O3. The zero-order valence-corrected chi connectivity index (χ0v) is 10.7. The van der Waals surface area contributed by atoms with Gasteiger partial charge in [0.25, 0.3) is 0 Å². The van der Waals surface area contributed by atoms with Crippen molar-refractivity contribution in [2.75, 3.05) is 26.8 Å². The van der Waals surface area contributed by atoms with Gasteiger partial charge in [-0.1, -0.05) is 19.8 Å². The summed E-state index contributed by atoms with van der Waals surface area (Å²) in [5, 5.41) is 5.36. The second-order valence-corrected chi connectivity index (χ2v) is 4.79. The van der Waals surface area contributed by atoms with Gasteiger partial charge in [0.15, 0.2) is 0 Å². The van der Waals surface area contributed by atoms with Crippen LogP contribution in [0.25, 0.3) is 0 Å². The highest BCUT2D eigenvalue weighted by Crippen LogP contribution is 2.37. The lowest BCUT2D eigenvalue weighted by Crippen LogP contribution is -2.43. The number of hydrogen-bond donors (Lipinski definition) is 2. The summed E-state index contributed by atoms with van der Waals surface area (Å²) in [5.74, 6) is -0.172. The number of hydrogen-bond acceptors (Lipinski definition) is 3. The number of amides is 2. The molecule has 0 aliphatic heterocycles. The van der Waals surface area contributed by atoms with Crippen molar-refractivity contribution in [3.05, 3.63) is 0 Å². The third-order valence-corrected chi connectivity index (χ3v) is 3.29.